The summed E-state index contributed by atoms with van der Waals surface area (Å²) in [5.74, 6) is -1.41. The predicted molar refractivity (Wildman–Crippen MR) is 81.9 cm³/mol. The maximum absolute atomic E-state index is 14.1. The minimum atomic E-state index is -0.969. The second kappa shape index (κ2) is 6.48. The summed E-state index contributed by atoms with van der Waals surface area (Å²) in [5, 5.41) is 3.15. The van der Waals surface area contributed by atoms with Crippen LogP contribution in [0.5, 0.6) is 0 Å². The number of hydrogen-bond donors (Lipinski definition) is 2. The van der Waals surface area contributed by atoms with E-state index in [0.717, 1.165) is 19.3 Å². The lowest BCUT2D eigenvalue weighted by Gasteiger charge is -2.24. The molecular weight excluding hydrogens is 278 g/mol. The SMILES string of the molecule is CC1CCCCCC1Nc1ccc(C(N)=S)c(F)c1F. The monoisotopic (exact) mass is 298 g/mol. The molecule has 0 aromatic heterocycles. The minimum Gasteiger partial charge on any atom is -0.389 e. The molecule has 1 aliphatic carbocycles. The highest BCUT2D eigenvalue weighted by Crippen LogP contribution is 2.28. The van der Waals surface area contributed by atoms with E-state index in [-0.39, 0.29) is 22.3 Å². The van der Waals surface area contributed by atoms with Crippen LogP contribution in [0, 0.1) is 17.6 Å². The number of anilines is 1. The van der Waals surface area contributed by atoms with E-state index in [1.165, 1.54) is 25.0 Å². The Morgan fingerprint density at radius 3 is 2.60 bits per heavy atom. The fourth-order valence-electron chi connectivity index (χ4n) is 2.76. The van der Waals surface area contributed by atoms with Gasteiger partial charge in [0.25, 0.3) is 0 Å². The van der Waals surface area contributed by atoms with Crippen LogP contribution in [0.2, 0.25) is 0 Å². The van der Waals surface area contributed by atoms with Crippen molar-refractivity contribution in [3.05, 3.63) is 29.3 Å². The summed E-state index contributed by atoms with van der Waals surface area (Å²) in [6, 6.07) is 3.14. The van der Waals surface area contributed by atoms with E-state index in [9.17, 15) is 8.78 Å². The van der Waals surface area contributed by atoms with Gasteiger partial charge in [-0.1, -0.05) is 38.4 Å². The fourth-order valence-corrected chi connectivity index (χ4v) is 2.92. The highest BCUT2D eigenvalue weighted by Gasteiger charge is 2.22. The Morgan fingerprint density at radius 2 is 1.90 bits per heavy atom. The van der Waals surface area contributed by atoms with Gasteiger partial charge in [0.2, 0.25) is 0 Å². The number of thiocarbonyl (C=S) groups is 1. The molecule has 0 bridgehead atoms. The molecule has 2 unspecified atom stereocenters. The summed E-state index contributed by atoms with van der Waals surface area (Å²) < 4.78 is 27.9. The smallest absolute Gasteiger partial charge is 0.182 e. The first kappa shape index (κ1) is 15.2. The van der Waals surface area contributed by atoms with Crippen LogP contribution in [-0.4, -0.2) is 11.0 Å². The summed E-state index contributed by atoms with van der Waals surface area (Å²) in [7, 11) is 0. The second-order valence-corrected chi connectivity index (χ2v) is 5.96. The zero-order chi connectivity index (χ0) is 14.7. The highest BCUT2D eigenvalue weighted by atomic mass is 32.1. The third-order valence-corrected chi connectivity index (χ3v) is 4.27. The molecule has 0 saturated heterocycles. The molecule has 0 spiro atoms. The summed E-state index contributed by atoms with van der Waals surface area (Å²) >= 11 is 4.70. The lowest BCUT2D eigenvalue weighted by Crippen LogP contribution is -2.27. The van der Waals surface area contributed by atoms with Crippen molar-refractivity contribution in [1.82, 2.24) is 0 Å². The lowest BCUT2D eigenvalue weighted by molar-refractivity contribution is 0.451. The van der Waals surface area contributed by atoms with Crippen LogP contribution in [-0.2, 0) is 0 Å². The van der Waals surface area contributed by atoms with Crippen molar-refractivity contribution in [3.63, 3.8) is 0 Å². The molecule has 1 saturated carbocycles. The third kappa shape index (κ3) is 3.26. The van der Waals surface area contributed by atoms with Crippen LogP contribution in [0.3, 0.4) is 0 Å². The third-order valence-electron chi connectivity index (χ3n) is 4.05. The van der Waals surface area contributed by atoms with Gasteiger partial charge in [0.1, 0.15) is 4.99 Å². The number of hydrogen-bond acceptors (Lipinski definition) is 2. The van der Waals surface area contributed by atoms with Gasteiger partial charge in [0.15, 0.2) is 11.6 Å². The Balaban J connectivity index is 2.21. The van der Waals surface area contributed by atoms with E-state index in [0.29, 0.717) is 5.92 Å². The van der Waals surface area contributed by atoms with Gasteiger partial charge >= 0.3 is 0 Å². The molecule has 1 aliphatic rings. The van der Waals surface area contributed by atoms with Crippen LogP contribution in [0.15, 0.2) is 12.1 Å². The summed E-state index contributed by atoms with van der Waals surface area (Å²) in [5.41, 5.74) is 5.52. The summed E-state index contributed by atoms with van der Waals surface area (Å²) in [6.07, 6.45) is 5.64. The zero-order valence-electron chi connectivity index (χ0n) is 11.6. The molecule has 110 valence electrons. The van der Waals surface area contributed by atoms with Gasteiger partial charge in [-0.2, -0.15) is 0 Å². The average Bonchev–Trinajstić information content (AvgIpc) is 2.60. The van der Waals surface area contributed by atoms with E-state index >= 15 is 0 Å². The molecule has 2 nitrogen and oxygen atoms in total. The maximum Gasteiger partial charge on any atom is 0.182 e. The molecule has 1 fully saturated rings. The van der Waals surface area contributed by atoms with E-state index in [4.69, 9.17) is 18.0 Å². The number of nitrogens with two attached hydrogens (primary N) is 1. The fraction of sp³-hybridized carbons (Fsp3) is 0.533. The molecule has 0 aliphatic heterocycles. The van der Waals surface area contributed by atoms with Crippen molar-refractivity contribution in [2.24, 2.45) is 11.7 Å². The van der Waals surface area contributed by atoms with Gasteiger partial charge in [-0.25, -0.2) is 8.78 Å². The first-order valence-corrected chi connectivity index (χ1v) is 7.46. The van der Waals surface area contributed by atoms with Gasteiger partial charge < -0.3 is 11.1 Å². The predicted octanol–water partition coefficient (Wildman–Crippen LogP) is 3.98. The van der Waals surface area contributed by atoms with Crippen LogP contribution in [0.4, 0.5) is 14.5 Å². The first-order valence-electron chi connectivity index (χ1n) is 7.05. The van der Waals surface area contributed by atoms with Crippen molar-refractivity contribution in [2.45, 2.75) is 45.1 Å². The summed E-state index contributed by atoms with van der Waals surface area (Å²) in [6.45, 7) is 2.15. The van der Waals surface area contributed by atoms with E-state index in [1.54, 1.807) is 0 Å². The van der Waals surface area contributed by atoms with E-state index in [1.807, 2.05) is 0 Å². The molecule has 3 N–H and O–H groups in total. The van der Waals surface area contributed by atoms with Crippen molar-refractivity contribution in [3.8, 4) is 0 Å². The lowest BCUT2D eigenvalue weighted by atomic mass is 9.96. The van der Waals surface area contributed by atoms with Crippen molar-refractivity contribution in [2.75, 3.05) is 5.32 Å². The Morgan fingerprint density at radius 1 is 1.20 bits per heavy atom. The van der Waals surface area contributed by atoms with Crippen molar-refractivity contribution >= 4 is 22.9 Å². The van der Waals surface area contributed by atoms with Gasteiger partial charge in [0, 0.05) is 11.6 Å². The normalized spacial score (nSPS) is 23.1. The van der Waals surface area contributed by atoms with Gasteiger partial charge in [-0.3, -0.25) is 0 Å². The largest absolute Gasteiger partial charge is 0.389 e. The van der Waals surface area contributed by atoms with Crippen molar-refractivity contribution in [1.29, 1.82) is 0 Å². The number of benzene rings is 1. The van der Waals surface area contributed by atoms with Crippen LogP contribution in [0.25, 0.3) is 0 Å². The first-order chi connectivity index (χ1) is 9.50. The summed E-state index contributed by atoms with van der Waals surface area (Å²) in [4.78, 5) is -0.129. The van der Waals surface area contributed by atoms with Crippen LogP contribution >= 0.6 is 12.2 Å². The molecular formula is C15H20F2N2S. The quantitative estimate of drug-likeness (QED) is 0.655. The Kier molecular flexibility index (Phi) is 4.91. The molecule has 5 heteroatoms. The molecule has 2 rings (SSSR count). The molecule has 1 aromatic carbocycles. The average molecular weight is 298 g/mol. The Labute approximate surface area is 123 Å². The van der Waals surface area contributed by atoms with Crippen LogP contribution in [0.1, 0.15) is 44.6 Å². The Hall–Kier alpha value is -1.23. The number of rotatable bonds is 3. The van der Waals surface area contributed by atoms with Crippen LogP contribution < -0.4 is 11.1 Å². The number of nitrogens with one attached hydrogen (secondary N) is 1. The molecule has 0 amide bonds. The Bertz CT molecular complexity index is 505. The molecule has 0 heterocycles. The molecule has 2 atom stereocenters. The van der Waals surface area contributed by atoms with Crippen molar-refractivity contribution < 1.29 is 8.78 Å². The topological polar surface area (TPSA) is 38.0 Å². The zero-order valence-corrected chi connectivity index (χ0v) is 12.4. The molecule has 1 aromatic rings. The van der Waals surface area contributed by atoms with Gasteiger partial charge in [-0.05, 0) is 30.9 Å². The second-order valence-electron chi connectivity index (χ2n) is 5.52. The maximum atomic E-state index is 14.1. The molecule has 0 radical (unpaired) electrons. The van der Waals surface area contributed by atoms with E-state index in [2.05, 4.69) is 12.2 Å². The van der Waals surface area contributed by atoms with Gasteiger partial charge in [-0.15, -0.1) is 0 Å². The van der Waals surface area contributed by atoms with Gasteiger partial charge in [0.05, 0.1) is 5.69 Å². The van der Waals surface area contributed by atoms with E-state index < -0.39 is 11.6 Å². The standard InChI is InChI=1S/C15H20F2N2S/c1-9-5-3-2-4-6-11(9)19-12-8-7-10(15(18)20)13(16)14(12)17/h7-9,11,19H,2-6H2,1H3,(H2,18,20). The minimum absolute atomic E-state index is 0.0445. The molecule has 20 heavy (non-hydrogen) atoms. The number of halogens is 2. The highest BCUT2D eigenvalue weighted by molar-refractivity contribution is 7.80.